The molecule has 4 aliphatic heterocycles. The highest BCUT2D eigenvalue weighted by molar-refractivity contribution is 5.69. The molecule has 5 aliphatic rings. The highest BCUT2D eigenvalue weighted by Crippen LogP contribution is 2.28. The van der Waals surface area contributed by atoms with Gasteiger partial charge in [-0.1, -0.05) is 382 Å². The molecule has 1 saturated carbocycles. The Kier molecular flexibility index (Phi) is 87.9. The molecule has 2 N–H and O–H groups in total. The molecule has 5 rings (SSSR count). The fourth-order valence-corrected chi connectivity index (χ4v) is 14.2. The van der Waals surface area contributed by atoms with E-state index in [-0.39, 0.29) is 13.2 Å². The maximum Gasteiger partial charge on any atom is 0.317 e. The smallest absolute Gasteiger partial charge is 0.317 e. The van der Waals surface area contributed by atoms with Crippen LogP contribution in [0.3, 0.4) is 0 Å². The van der Waals surface area contributed by atoms with Crippen LogP contribution in [0.25, 0.3) is 0 Å². The molecule has 0 spiro atoms. The van der Waals surface area contributed by atoms with Crippen LogP contribution >= 0.6 is 0 Å². The van der Waals surface area contributed by atoms with E-state index in [1.54, 1.807) is 25.1 Å². The Labute approximate surface area is 819 Å². The molecule has 0 aromatic rings. The van der Waals surface area contributed by atoms with E-state index < -0.39 is 5.97 Å². The minimum atomic E-state index is -0.799. The maximum atomic E-state index is 10.4. The van der Waals surface area contributed by atoms with Crippen molar-refractivity contribution in [3.8, 4) is 0 Å². The highest BCUT2D eigenvalue weighted by atomic mass is 16.5. The van der Waals surface area contributed by atoms with Gasteiger partial charge in [-0.15, -0.1) is 0 Å². The van der Waals surface area contributed by atoms with E-state index in [9.17, 15) is 4.79 Å². The van der Waals surface area contributed by atoms with Crippen LogP contribution in [-0.4, -0.2) is 272 Å². The number of aliphatic carboxylic acids is 1. The zero-order valence-corrected chi connectivity index (χ0v) is 91.6. The number of piperazine rings is 3. The summed E-state index contributed by atoms with van der Waals surface area (Å²) in [5.41, 5.74) is 14.4. The third-order valence-corrected chi connectivity index (χ3v) is 20.6. The summed E-state index contributed by atoms with van der Waals surface area (Å²) in [5.74, 6) is 6.12. The second-order valence-corrected chi connectivity index (χ2v) is 41.8. The summed E-state index contributed by atoms with van der Waals surface area (Å²) in [6.07, 6.45) is 47.2. The third-order valence-electron chi connectivity index (χ3n) is 20.6. The quantitative estimate of drug-likeness (QED) is 0.0565. The average Bonchev–Trinajstić information content (AvgIpc) is 1.71. The van der Waals surface area contributed by atoms with Crippen LogP contribution in [0, 0.1) is 59.2 Å². The molecule has 0 unspecified atom stereocenters. The number of carbonyl (C=O) groups is 1. The normalized spacial score (nSPS) is 15.6. The summed E-state index contributed by atoms with van der Waals surface area (Å²) in [6.45, 7) is 124. The van der Waals surface area contributed by atoms with Crippen LogP contribution in [0.4, 0.5) is 0 Å². The summed E-state index contributed by atoms with van der Waals surface area (Å²) in [7, 11) is 9.87. The fourth-order valence-electron chi connectivity index (χ4n) is 14.2. The van der Waals surface area contributed by atoms with Gasteiger partial charge in [0.25, 0.3) is 0 Å². The van der Waals surface area contributed by atoms with Gasteiger partial charge in [0.2, 0.25) is 0 Å². The Morgan fingerprint density at radius 1 is 0.394 bits per heavy atom. The lowest BCUT2D eigenvalue weighted by molar-refractivity contribution is -0.137. The number of carboxylic acid groups (broad SMARTS) is 1. The Morgan fingerprint density at radius 2 is 0.682 bits per heavy atom. The summed E-state index contributed by atoms with van der Waals surface area (Å²) in [4.78, 5) is 31.7. The minimum Gasteiger partial charge on any atom is -0.480 e. The minimum absolute atomic E-state index is 0.0704. The Morgan fingerprint density at radius 3 is 0.955 bits per heavy atom. The van der Waals surface area contributed by atoms with Gasteiger partial charge in [-0.25, -0.2) is 0 Å². The largest absolute Gasteiger partial charge is 0.480 e. The predicted molar refractivity (Wildman–Crippen MR) is 592 cm³/mol. The van der Waals surface area contributed by atoms with Gasteiger partial charge >= 0.3 is 5.97 Å². The SMILES string of the molecule is C=C(/C=C/CN(C)C)CC(C)C.C=C(/C=C/CN(C)CC(=O)O)CC(C)C.C=C(/C=C/CN1CCN(C)CC1)CC(C)C.C=C(/C=C/CN1CCN(C2CC2)CC1)CC(C)C.C=C(/C=C/CN1CCN(CCOC)CC1)CC(C)C.C=C(/C=C/CN1CCOCC1)CC(C)C.C=C(/C=C/CO)CC(C)C.C=C(C)C(=C)CC(C)C.C=C(C=C(C)C)CC(C)C.C=CC(=C)CC(C)C. The molecule has 4 saturated heterocycles. The van der Waals surface area contributed by atoms with E-state index in [1.165, 1.54) is 110 Å². The first-order valence-electron chi connectivity index (χ1n) is 50.5. The molecule has 0 bridgehead atoms. The number of nitrogens with zero attached hydrogens (tertiary/aromatic N) is 9. The molecule has 760 valence electrons. The van der Waals surface area contributed by atoms with E-state index in [4.69, 9.17) is 19.7 Å². The number of ether oxygens (including phenoxy) is 2. The van der Waals surface area contributed by atoms with Gasteiger partial charge < -0.3 is 29.5 Å². The Balaban J connectivity index is -0.000000458. The number of morpholine rings is 1. The number of hydrogen-bond acceptors (Lipinski definition) is 13. The van der Waals surface area contributed by atoms with E-state index in [1.807, 2.05) is 31.2 Å². The van der Waals surface area contributed by atoms with Crippen molar-refractivity contribution in [2.75, 3.05) is 206 Å². The number of methoxy groups -OCH3 is 1. The van der Waals surface area contributed by atoms with Gasteiger partial charge in [0, 0.05) is 151 Å². The van der Waals surface area contributed by atoms with Gasteiger partial charge in [-0.2, -0.15) is 0 Å². The number of aliphatic hydroxyl groups excluding tert-OH is 1. The monoisotopic (exact) mass is 1840 g/mol. The molecule has 14 heteroatoms. The lowest BCUT2D eigenvalue weighted by Crippen LogP contribution is -2.47. The standard InChI is InChI=1S/C16H30N2O.C16H28N2.C14H26N2.C13H23NO.C12H21NO2.C11H21N.C10H18.C9H16O.C9H16.C8H14/c1-15(2)14-16(3)6-5-7-17-8-10-18(11-9-17)12-13-19-4;1-14(2)13-15(3)5-4-8-17-9-11-18(12-10-17)16-6-7-16;1-13(2)12-14(3)6-5-7-16-10-8-15(4)9-11-16;1-12(2)11-13(3)5-4-6-14-7-9-15-10-8-14;1-10(2)8-11(3)6-5-7-13(4)9-12(14)15;1-10(2)9-11(3)7-6-8-12(4)5;1-8(2)6-10(5)7-9(3)4;1-8(2)7-9(3)5-4-6-10;1-7(2)6-9(5)8(3)4;1-5-8(4)6-7(2)3/h5-6,15H,3,7-14H2,1-2,4H3;4-5,14,16H,3,6-13H2,1-2H3;5-6,13H,3,7-12H2,1-2,4H3;4-5,12H,3,6-11H2,1-2H3;5-6,10H,3,7-9H2,1-2,4H3,(H,14,15);6-7,10H,3,8-9H2,1-2,4-5H3;6,9H,5,7H2,1-4H3;4-5,8,10H,3,6-7H2,1-2H3;7H,3,5-6H2,1-2,4H3;5,7H,1,4,6H2,2-3H3/b6-5+;5-4+;6-5+;5-4+;6-5+;7-6+;;5-4+;;. The summed E-state index contributed by atoms with van der Waals surface area (Å²) < 4.78 is 10.4. The van der Waals surface area contributed by atoms with Crippen LogP contribution in [0.2, 0.25) is 0 Å². The van der Waals surface area contributed by atoms with Crippen molar-refractivity contribution in [3.05, 3.63) is 243 Å². The van der Waals surface area contributed by atoms with Crippen LogP contribution < -0.4 is 0 Å². The van der Waals surface area contributed by atoms with E-state index >= 15 is 0 Å². The number of carboxylic acids is 1. The molecule has 1 aliphatic carbocycles. The van der Waals surface area contributed by atoms with Crippen LogP contribution in [-0.2, 0) is 14.3 Å². The molecule has 0 atom stereocenters. The maximum absolute atomic E-state index is 10.4. The molecule has 132 heavy (non-hydrogen) atoms. The molecular weight excluding hydrogens is 1620 g/mol. The topological polar surface area (TPSA) is 105 Å². The molecule has 5 fully saturated rings. The van der Waals surface area contributed by atoms with Gasteiger partial charge in [-0.3, -0.25) is 39.1 Å². The number of likely N-dealkylation sites (N-methyl/N-ethyl adjacent to an activating group) is 3. The molecule has 4 heterocycles. The molecule has 0 aromatic carbocycles. The molecule has 0 radical (unpaired) electrons. The number of aliphatic hydroxyl groups is 1. The summed E-state index contributed by atoms with van der Waals surface area (Å²) >= 11 is 0. The number of allylic oxidation sites excluding steroid dienone is 21. The van der Waals surface area contributed by atoms with Crippen LogP contribution in [0.1, 0.15) is 236 Å². The highest BCUT2D eigenvalue weighted by Gasteiger charge is 2.31. The van der Waals surface area contributed by atoms with Gasteiger partial charge in [0.05, 0.1) is 33.0 Å². The number of hydrogen-bond donors (Lipinski definition) is 2. The van der Waals surface area contributed by atoms with Crippen molar-refractivity contribution in [2.24, 2.45) is 59.2 Å². The lowest BCUT2D eigenvalue weighted by Gasteiger charge is -2.34. The summed E-state index contributed by atoms with van der Waals surface area (Å²) in [6, 6.07) is 0.938. The predicted octanol–water partition coefficient (Wildman–Crippen LogP) is 26.7. The second-order valence-electron chi connectivity index (χ2n) is 41.8. The average molecular weight is 1840 g/mol. The number of rotatable bonds is 49. The lowest BCUT2D eigenvalue weighted by atomic mass is 10.0. The first kappa shape index (κ1) is 134. The van der Waals surface area contributed by atoms with Crippen molar-refractivity contribution >= 4 is 5.97 Å². The van der Waals surface area contributed by atoms with Crippen molar-refractivity contribution in [1.29, 1.82) is 0 Å². The second kappa shape index (κ2) is 86.4. The van der Waals surface area contributed by atoms with E-state index in [2.05, 4.69) is 358 Å². The zero-order chi connectivity index (χ0) is 102. The van der Waals surface area contributed by atoms with Crippen molar-refractivity contribution in [1.82, 2.24) is 44.1 Å². The Hall–Kier alpha value is -6.21. The van der Waals surface area contributed by atoms with Gasteiger partial charge in [0.1, 0.15) is 0 Å². The first-order valence-corrected chi connectivity index (χ1v) is 50.5. The van der Waals surface area contributed by atoms with Crippen molar-refractivity contribution < 1.29 is 24.5 Å². The first-order chi connectivity index (χ1) is 61.8. The molecular formula is C118H213N9O5. The van der Waals surface area contributed by atoms with Gasteiger partial charge in [-0.05, 0) is 185 Å². The van der Waals surface area contributed by atoms with Gasteiger partial charge in [0.15, 0.2) is 0 Å². The zero-order valence-electron chi connectivity index (χ0n) is 91.6. The van der Waals surface area contributed by atoms with Crippen molar-refractivity contribution in [2.45, 2.75) is 242 Å². The van der Waals surface area contributed by atoms with Crippen LogP contribution in [0.15, 0.2) is 243 Å². The fraction of sp³-hybridized carbons (Fsp3) is 0.653. The van der Waals surface area contributed by atoms with E-state index in [0.717, 1.165) is 197 Å². The molecule has 0 amide bonds. The van der Waals surface area contributed by atoms with Crippen molar-refractivity contribution in [3.63, 3.8) is 0 Å². The molecule has 0 aromatic heterocycles. The van der Waals surface area contributed by atoms with E-state index in [0.29, 0.717) is 59.8 Å². The third kappa shape index (κ3) is 99.7. The Bertz CT molecular complexity index is 3320. The van der Waals surface area contributed by atoms with Crippen LogP contribution in [0.5, 0.6) is 0 Å². The summed E-state index contributed by atoms with van der Waals surface area (Å²) in [5, 5.41) is 16.9. The molecule has 14 nitrogen and oxygen atoms in total.